The molecule has 0 spiro atoms. The summed E-state index contributed by atoms with van der Waals surface area (Å²) < 4.78 is 47.4. The first-order valence-corrected chi connectivity index (χ1v) is 14.0. The van der Waals surface area contributed by atoms with Crippen LogP contribution in [0.4, 0.5) is 13.2 Å². The van der Waals surface area contributed by atoms with Gasteiger partial charge >= 0.3 is 6.18 Å². The molecule has 4 rings (SSSR count). The van der Waals surface area contributed by atoms with E-state index in [9.17, 15) is 18.3 Å². The highest BCUT2D eigenvalue weighted by molar-refractivity contribution is 5.72. The number of phenolic OH excluding ortho intramolecular Hbond substituents is 1. The summed E-state index contributed by atoms with van der Waals surface area (Å²) in [6.45, 7) is 0.121. The topological polar surface area (TPSA) is 38.7 Å². The summed E-state index contributed by atoms with van der Waals surface area (Å²) in [6.07, 6.45) is 4.23. The van der Waals surface area contributed by atoms with Crippen LogP contribution in [0.15, 0.2) is 66.7 Å². The summed E-state index contributed by atoms with van der Waals surface area (Å²) >= 11 is 0. The number of alkyl halides is 3. The lowest BCUT2D eigenvalue weighted by atomic mass is 9.77. The van der Waals surface area contributed by atoms with Gasteiger partial charge in [-0.1, -0.05) is 87.1 Å². The molecule has 1 aliphatic carbocycles. The largest absolute Gasteiger partial charge is 0.508 e. The average molecular weight is 541 g/mol. The zero-order valence-electron chi connectivity index (χ0n) is 22.7. The number of ether oxygens (including phenoxy) is 2. The molecular weight excluding hydrogens is 501 g/mol. The minimum atomic E-state index is -4.01. The molecule has 0 unspecified atom stereocenters. The number of halogens is 3. The van der Waals surface area contributed by atoms with Crippen molar-refractivity contribution in [2.75, 3.05) is 13.9 Å². The van der Waals surface area contributed by atoms with Crippen molar-refractivity contribution >= 4 is 0 Å². The normalized spacial score (nSPS) is 17.7. The number of benzene rings is 3. The van der Waals surface area contributed by atoms with E-state index in [2.05, 4.69) is 36.4 Å². The number of rotatable bonds is 12. The van der Waals surface area contributed by atoms with E-state index in [0.717, 1.165) is 53.9 Å². The fourth-order valence-electron chi connectivity index (χ4n) is 5.62. The molecule has 6 heteroatoms. The third-order valence-electron chi connectivity index (χ3n) is 7.87. The van der Waals surface area contributed by atoms with E-state index in [1.54, 1.807) is 19.2 Å². The number of aryl methyl sites for hydroxylation is 1. The molecule has 0 amide bonds. The van der Waals surface area contributed by atoms with Gasteiger partial charge < -0.3 is 14.6 Å². The van der Waals surface area contributed by atoms with Crippen LogP contribution < -0.4 is 4.74 Å². The van der Waals surface area contributed by atoms with E-state index in [0.29, 0.717) is 18.1 Å². The maximum Gasteiger partial charge on any atom is 0.389 e. The van der Waals surface area contributed by atoms with Crippen LogP contribution in [-0.2, 0) is 11.2 Å². The van der Waals surface area contributed by atoms with Gasteiger partial charge in [-0.05, 0) is 71.0 Å². The summed E-state index contributed by atoms with van der Waals surface area (Å²) in [7, 11) is 1.56. The Balaban J connectivity index is 1.23. The number of phenols is 1. The summed E-state index contributed by atoms with van der Waals surface area (Å²) in [6, 6.07) is 22.2. The van der Waals surface area contributed by atoms with Crippen molar-refractivity contribution in [1.82, 2.24) is 0 Å². The predicted molar refractivity (Wildman–Crippen MR) is 150 cm³/mol. The molecule has 210 valence electrons. The maximum absolute atomic E-state index is 12.3. The molecule has 3 aromatic rings. The second kappa shape index (κ2) is 13.9. The summed E-state index contributed by atoms with van der Waals surface area (Å²) in [4.78, 5) is 0. The molecule has 1 saturated carbocycles. The van der Waals surface area contributed by atoms with E-state index in [4.69, 9.17) is 9.47 Å². The van der Waals surface area contributed by atoms with Crippen molar-refractivity contribution < 1.29 is 27.8 Å². The first-order chi connectivity index (χ1) is 18.8. The molecule has 0 atom stereocenters. The SMILES string of the molecule is COCOc1cc(O)cc(-c2ccc(-c3ccc(CCC4CCC(CCCCC(F)(F)F)CC4)cc3)cc2)c1. The Morgan fingerprint density at radius 2 is 1.31 bits per heavy atom. The van der Waals surface area contributed by atoms with Gasteiger partial charge in [0.1, 0.15) is 11.5 Å². The van der Waals surface area contributed by atoms with Crippen LogP contribution in [0, 0.1) is 11.8 Å². The number of aromatic hydroxyl groups is 1. The van der Waals surface area contributed by atoms with Gasteiger partial charge in [-0.2, -0.15) is 13.2 Å². The summed E-state index contributed by atoms with van der Waals surface area (Å²) in [5, 5.41) is 10.1. The Labute approximate surface area is 230 Å². The Morgan fingerprint density at radius 3 is 1.90 bits per heavy atom. The Morgan fingerprint density at radius 1 is 0.744 bits per heavy atom. The lowest BCUT2D eigenvalue weighted by molar-refractivity contribution is -0.135. The van der Waals surface area contributed by atoms with Gasteiger partial charge in [-0.25, -0.2) is 0 Å². The molecule has 0 aromatic heterocycles. The minimum Gasteiger partial charge on any atom is -0.508 e. The molecule has 0 aliphatic heterocycles. The van der Waals surface area contributed by atoms with E-state index < -0.39 is 12.6 Å². The minimum absolute atomic E-state index is 0.121. The van der Waals surface area contributed by atoms with Gasteiger partial charge in [0.05, 0.1) is 0 Å². The standard InChI is InChI=1S/C33H39F3O3/c1-38-23-39-32-21-30(20-31(37)22-32)29-17-15-28(16-18-29)27-13-11-26(12-14-27)10-9-25-7-5-24(6-8-25)4-2-3-19-33(34,35)36/h11-18,20-22,24-25,37H,2-10,19,23H2,1H3. The van der Waals surface area contributed by atoms with E-state index >= 15 is 0 Å². The van der Waals surface area contributed by atoms with Crippen LogP contribution in [0.1, 0.15) is 63.4 Å². The molecule has 3 nitrogen and oxygen atoms in total. The molecule has 1 N–H and O–H groups in total. The van der Waals surface area contributed by atoms with E-state index in [1.165, 1.54) is 24.8 Å². The second-order valence-electron chi connectivity index (χ2n) is 10.8. The molecule has 0 heterocycles. The molecule has 0 saturated heterocycles. The molecule has 0 bridgehead atoms. The second-order valence-corrected chi connectivity index (χ2v) is 10.8. The van der Waals surface area contributed by atoms with Crippen molar-refractivity contribution in [3.8, 4) is 33.8 Å². The first kappa shape index (κ1) is 29.0. The monoisotopic (exact) mass is 540 g/mol. The lowest BCUT2D eigenvalue weighted by Gasteiger charge is -2.28. The van der Waals surface area contributed by atoms with Crippen LogP contribution in [0.25, 0.3) is 22.3 Å². The number of methoxy groups -OCH3 is 1. The van der Waals surface area contributed by atoms with Gasteiger partial charge in [-0.15, -0.1) is 0 Å². The predicted octanol–water partition coefficient (Wildman–Crippen LogP) is 9.57. The van der Waals surface area contributed by atoms with E-state index in [1.807, 2.05) is 18.2 Å². The zero-order chi connectivity index (χ0) is 27.7. The highest BCUT2D eigenvalue weighted by Crippen LogP contribution is 2.35. The quantitative estimate of drug-likeness (QED) is 0.184. The Hall–Kier alpha value is -2.99. The molecule has 3 aromatic carbocycles. The first-order valence-electron chi connectivity index (χ1n) is 14.0. The van der Waals surface area contributed by atoms with Crippen molar-refractivity contribution in [3.63, 3.8) is 0 Å². The third-order valence-corrected chi connectivity index (χ3v) is 7.87. The summed E-state index contributed by atoms with van der Waals surface area (Å²) in [5.41, 5.74) is 5.50. The Bertz CT molecular complexity index is 1150. The van der Waals surface area contributed by atoms with Gasteiger partial charge in [0.2, 0.25) is 0 Å². The molecule has 1 fully saturated rings. The van der Waals surface area contributed by atoms with Crippen LogP contribution in [0.2, 0.25) is 0 Å². The molecule has 39 heavy (non-hydrogen) atoms. The summed E-state index contributed by atoms with van der Waals surface area (Å²) in [5.74, 6) is 2.03. The molecular formula is C33H39F3O3. The number of unbranched alkanes of at least 4 members (excludes halogenated alkanes) is 1. The van der Waals surface area contributed by atoms with Crippen molar-refractivity contribution in [1.29, 1.82) is 0 Å². The van der Waals surface area contributed by atoms with Crippen LogP contribution >= 0.6 is 0 Å². The van der Waals surface area contributed by atoms with Crippen LogP contribution in [0.5, 0.6) is 11.5 Å². The van der Waals surface area contributed by atoms with Gasteiger partial charge in [0, 0.05) is 19.6 Å². The number of hydrogen-bond acceptors (Lipinski definition) is 3. The molecule has 0 radical (unpaired) electrons. The maximum atomic E-state index is 12.3. The smallest absolute Gasteiger partial charge is 0.389 e. The number of hydrogen-bond donors (Lipinski definition) is 1. The third kappa shape index (κ3) is 9.31. The fraction of sp³-hybridized carbons (Fsp3) is 0.455. The zero-order valence-corrected chi connectivity index (χ0v) is 22.7. The van der Waals surface area contributed by atoms with Crippen LogP contribution in [-0.4, -0.2) is 25.2 Å². The van der Waals surface area contributed by atoms with Crippen LogP contribution in [0.3, 0.4) is 0 Å². The van der Waals surface area contributed by atoms with Crippen molar-refractivity contribution in [2.24, 2.45) is 11.8 Å². The average Bonchev–Trinajstić information content (AvgIpc) is 2.93. The van der Waals surface area contributed by atoms with Crippen molar-refractivity contribution in [3.05, 3.63) is 72.3 Å². The van der Waals surface area contributed by atoms with Gasteiger partial charge in [-0.3, -0.25) is 0 Å². The highest BCUT2D eigenvalue weighted by Gasteiger charge is 2.26. The van der Waals surface area contributed by atoms with Crippen molar-refractivity contribution in [2.45, 2.75) is 70.4 Å². The van der Waals surface area contributed by atoms with Gasteiger partial charge in [0.25, 0.3) is 0 Å². The van der Waals surface area contributed by atoms with Gasteiger partial charge in [0.15, 0.2) is 6.79 Å². The lowest BCUT2D eigenvalue weighted by Crippen LogP contribution is -2.15. The Kier molecular flexibility index (Phi) is 10.3. The molecule has 1 aliphatic rings. The fourth-order valence-corrected chi connectivity index (χ4v) is 5.62. The van der Waals surface area contributed by atoms with E-state index in [-0.39, 0.29) is 19.0 Å². The highest BCUT2D eigenvalue weighted by atomic mass is 19.4.